The second kappa shape index (κ2) is 10.1. The molecule has 8 nitrogen and oxygen atoms in total. The quantitative estimate of drug-likeness (QED) is 0.374. The number of aromatic nitrogens is 3. The van der Waals surface area contributed by atoms with Gasteiger partial charge in [-0.3, -0.25) is 9.78 Å². The Kier molecular flexibility index (Phi) is 6.80. The van der Waals surface area contributed by atoms with Gasteiger partial charge in [0.15, 0.2) is 0 Å². The van der Waals surface area contributed by atoms with Crippen LogP contribution in [0.15, 0.2) is 60.8 Å². The van der Waals surface area contributed by atoms with Crippen molar-refractivity contribution in [3.8, 4) is 11.5 Å². The SMILES string of the molecule is NC(=O)c1nc(Nc2ccc(OCc3ccccn3)c(Cl)c2)c2ccc(OCCF)cc2n1. The lowest BCUT2D eigenvalue weighted by Gasteiger charge is -2.13. The van der Waals surface area contributed by atoms with Crippen molar-refractivity contribution in [2.45, 2.75) is 6.61 Å². The molecule has 3 N–H and O–H groups in total. The minimum absolute atomic E-state index is 0.0857. The first kappa shape index (κ1) is 22.2. The van der Waals surface area contributed by atoms with Gasteiger partial charge in [-0.25, -0.2) is 14.4 Å². The molecule has 2 aromatic carbocycles. The van der Waals surface area contributed by atoms with Crippen LogP contribution in [0.3, 0.4) is 0 Å². The summed E-state index contributed by atoms with van der Waals surface area (Å²) in [7, 11) is 0. The third kappa shape index (κ3) is 5.45. The molecule has 4 rings (SSSR count). The van der Waals surface area contributed by atoms with Gasteiger partial charge in [-0.2, -0.15) is 0 Å². The van der Waals surface area contributed by atoms with E-state index in [1.165, 1.54) is 0 Å². The number of hydrogen-bond donors (Lipinski definition) is 2. The van der Waals surface area contributed by atoms with Crippen LogP contribution in [0, 0.1) is 0 Å². The van der Waals surface area contributed by atoms with Gasteiger partial charge in [-0.05, 0) is 42.5 Å². The third-order valence-corrected chi connectivity index (χ3v) is 4.83. The van der Waals surface area contributed by atoms with Crippen molar-refractivity contribution in [2.75, 3.05) is 18.6 Å². The standard InChI is InChI=1S/C23H19ClFN5O3/c24-18-11-14(4-7-20(18)33-13-15-3-1-2-9-27-15)28-22-17-6-5-16(32-10-8-25)12-19(17)29-23(30-22)21(26)31/h1-7,9,11-12H,8,10,13H2,(H2,26,31)(H,28,29,30). The Morgan fingerprint density at radius 1 is 1.09 bits per heavy atom. The van der Waals surface area contributed by atoms with Crippen molar-refractivity contribution in [3.63, 3.8) is 0 Å². The topological polar surface area (TPSA) is 112 Å². The summed E-state index contributed by atoms with van der Waals surface area (Å²) < 4.78 is 23.5. The molecule has 0 aliphatic rings. The fourth-order valence-corrected chi connectivity index (χ4v) is 3.26. The number of halogens is 2. The predicted molar refractivity (Wildman–Crippen MR) is 123 cm³/mol. The number of nitrogens with one attached hydrogen (secondary N) is 1. The molecule has 0 fully saturated rings. The Balaban J connectivity index is 1.59. The minimum atomic E-state index is -0.786. The molecule has 33 heavy (non-hydrogen) atoms. The van der Waals surface area contributed by atoms with Gasteiger partial charge in [0.25, 0.3) is 5.91 Å². The number of hydrogen-bond acceptors (Lipinski definition) is 7. The second-order valence-electron chi connectivity index (χ2n) is 6.86. The van der Waals surface area contributed by atoms with E-state index in [1.54, 1.807) is 42.6 Å². The Bertz CT molecular complexity index is 1290. The summed E-state index contributed by atoms with van der Waals surface area (Å²) in [4.78, 5) is 24.4. The molecule has 0 spiro atoms. The van der Waals surface area contributed by atoms with Gasteiger partial charge >= 0.3 is 0 Å². The van der Waals surface area contributed by atoms with Crippen LogP contribution in [0.4, 0.5) is 15.9 Å². The first-order valence-corrected chi connectivity index (χ1v) is 10.3. The maximum absolute atomic E-state index is 12.4. The molecule has 1 amide bonds. The number of carbonyl (C=O) groups is 1. The molecule has 0 aliphatic carbocycles. The van der Waals surface area contributed by atoms with Crippen LogP contribution in [-0.2, 0) is 6.61 Å². The summed E-state index contributed by atoms with van der Waals surface area (Å²) in [6.45, 7) is -0.431. The number of alkyl halides is 1. The number of carbonyl (C=O) groups excluding carboxylic acids is 1. The Labute approximate surface area is 193 Å². The number of nitrogens with zero attached hydrogens (tertiary/aromatic N) is 3. The first-order chi connectivity index (χ1) is 16.0. The van der Waals surface area contributed by atoms with Crippen molar-refractivity contribution >= 4 is 39.9 Å². The van der Waals surface area contributed by atoms with Crippen LogP contribution >= 0.6 is 11.6 Å². The first-order valence-electron chi connectivity index (χ1n) is 9.93. The fraction of sp³-hybridized carbons (Fsp3) is 0.130. The molecule has 0 saturated heterocycles. The Morgan fingerprint density at radius 2 is 1.97 bits per heavy atom. The van der Waals surface area contributed by atoms with Crippen molar-refractivity contribution < 1.29 is 18.7 Å². The molecule has 10 heteroatoms. The van der Waals surface area contributed by atoms with Gasteiger partial charge in [0.2, 0.25) is 5.82 Å². The highest BCUT2D eigenvalue weighted by molar-refractivity contribution is 6.32. The minimum Gasteiger partial charge on any atom is -0.491 e. The van der Waals surface area contributed by atoms with Gasteiger partial charge in [0, 0.05) is 23.3 Å². The number of primary amides is 1. The highest BCUT2D eigenvalue weighted by Crippen LogP contribution is 2.32. The van der Waals surface area contributed by atoms with Crippen LogP contribution in [0.2, 0.25) is 5.02 Å². The summed E-state index contributed by atoms with van der Waals surface area (Å²) >= 11 is 6.39. The summed E-state index contributed by atoms with van der Waals surface area (Å²) in [5, 5.41) is 4.13. The largest absolute Gasteiger partial charge is 0.491 e. The molecule has 0 saturated carbocycles. The maximum atomic E-state index is 12.4. The zero-order chi connectivity index (χ0) is 23.2. The van der Waals surface area contributed by atoms with E-state index >= 15 is 0 Å². The number of fused-ring (bicyclic) bond motifs is 1. The van der Waals surface area contributed by atoms with Crippen molar-refractivity contribution in [2.24, 2.45) is 5.73 Å². The van der Waals surface area contributed by atoms with Gasteiger partial charge in [-0.1, -0.05) is 17.7 Å². The number of ether oxygens (including phenoxy) is 2. The van der Waals surface area contributed by atoms with E-state index in [2.05, 4.69) is 20.3 Å². The summed E-state index contributed by atoms with van der Waals surface area (Å²) in [5.74, 6) is 0.301. The number of rotatable bonds is 9. The monoisotopic (exact) mass is 467 g/mol. The molecule has 168 valence electrons. The van der Waals surface area contributed by atoms with Crippen LogP contribution in [-0.4, -0.2) is 34.1 Å². The van der Waals surface area contributed by atoms with Crippen LogP contribution < -0.4 is 20.5 Å². The molecule has 4 aromatic rings. The molecule has 2 heterocycles. The van der Waals surface area contributed by atoms with Crippen molar-refractivity contribution in [3.05, 3.63) is 77.3 Å². The van der Waals surface area contributed by atoms with Crippen LogP contribution in [0.25, 0.3) is 10.9 Å². The van der Waals surface area contributed by atoms with Crippen molar-refractivity contribution in [1.29, 1.82) is 0 Å². The number of amides is 1. The third-order valence-electron chi connectivity index (χ3n) is 4.53. The predicted octanol–water partition coefficient (Wildman–Crippen LogP) is 4.45. The highest BCUT2D eigenvalue weighted by atomic mass is 35.5. The fourth-order valence-electron chi connectivity index (χ4n) is 3.03. The molecule has 0 atom stereocenters. The molecule has 2 aromatic heterocycles. The normalized spacial score (nSPS) is 10.7. The van der Waals surface area contributed by atoms with E-state index in [-0.39, 0.29) is 19.0 Å². The van der Waals surface area contributed by atoms with E-state index < -0.39 is 12.6 Å². The number of anilines is 2. The van der Waals surface area contributed by atoms with Gasteiger partial charge in [0.1, 0.15) is 37.2 Å². The number of nitrogens with two attached hydrogens (primary N) is 1. The average molecular weight is 468 g/mol. The van der Waals surface area contributed by atoms with E-state index in [0.717, 1.165) is 5.69 Å². The van der Waals surface area contributed by atoms with E-state index in [4.69, 9.17) is 26.8 Å². The highest BCUT2D eigenvalue weighted by Gasteiger charge is 2.14. The van der Waals surface area contributed by atoms with E-state index in [9.17, 15) is 9.18 Å². The second-order valence-corrected chi connectivity index (χ2v) is 7.26. The summed E-state index contributed by atoms with van der Waals surface area (Å²) in [5.41, 5.74) is 7.20. The van der Waals surface area contributed by atoms with Gasteiger partial charge in [0.05, 0.1) is 16.2 Å². The zero-order valence-electron chi connectivity index (χ0n) is 17.3. The Hall–Kier alpha value is -3.98. The van der Waals surface area contributed by atoms with Crippen LogP contribution in [0.1, 0.15) is 16.3 Å². The van der Waals surface area contributed by atoms with Crippen LogP contribution in [0.5, 0.6) is 11.5 Å². The van der Waals surface area contributed by atoms with Gasteiger partial charge in [-0.15, -0.1) is 0 Å². The van der Waals surface area contributed by atoms with Crippen molar-refractivity contribution in [1.82, 2.24) is 15.0 Å². The smallest absolute Gasteiger partial charge is 0.286 e. The lowest BCUT2D eigenvalue weighted by atomic mass is 10.2. The lowest BCUT2D eigenvalue weighted by molar-refractivity contribution is 0.0991. The summed E-state index contributed by atoms with van der Waals surface area (Å²) in [6, 6.07) is 15.7. The van der Waals surface area contributed by atoms with Gasteiger partial charge < -0.3 is 20.5 Å². The van der Waals surface area contributed by atoms with E-state index in [1.807, 2.05) is 18.2 Å². The summed E-state index contributed by atoms with van der Waals surface area (Å²) in [6.07, 6.45) is 1.69. The molecular formula is C23H19ClFN5O3. The molecular weight excluding hydrogens is 449 g/mol. The molecule has 0 unspecified atom stereocenters. The Morgan fingerprint density at radius 3 is 2.70 bits per heavy atom. The average Bonchev–Trinajstić information content (AvgIpc) is 2.82. The lowest BCUT2D eigenvalue weighted by Crippen LogP contribution is -2.16. The molecule has 0 aliphatic heterocycles. The zero-order valence-corrected chi connectivity index (χ0v) is 18.1. The number of benzene rings is 2. The van der Waals surface area contributed by atoms with E-state index in [0.29, 0.717) is 38.9 Å². The molecule has 0 bridgehead atoms. The molecule has 0 radical (unpaired) electrons. The number of pyridine rings is 1. The maximum Gasteiger partial charge on any atom is 0.286 e.